The smallest absolute Gasteiger partial charge is 0.226 e. The minimum atomic E-state index is -0.249. The summed E-state index contributed by atoms with van der Waals surface area (Å²) >= 11 is 0. The third kappa shape index (κ3) is 5.98. The van der Waals surface area contributed by atoms with Crippen molar-refractivity contribution in [1.29, 1.82) is 5.41 Å². The molecule has 4 rings (SSSR count). The van der Waals surface area contributed by atoms with Crippen molar-refractivity contribution in [3.05, 3.63) is 71.8 Å². The lowest BCUT2D eigenvalue weighted by atomic mass is 9.64. The number of hydrogen-bond acceptors (Lipinski definition) is 4. The van der Waals surface area contributed by atoms with E-state index in [1.165, 1.54) is 17.7 Å². The molecule has 2 aliphatic rings. The van der Waals surface area contributed by atoms with E-state index in [0.29, 0.717) is 12.3 Å². The van der Waals surface area contributed by atoms with Crippen molar-refractivity contribution in [3.63, 3.8) is 0 Å². The Hall–Kier alpha value is -3.02. The Morgan fingerprint density at radius 2 is 2.09 bits per heavy atom. The number of hydrogen-bond donors (Lipinski definition) is 3. The number of carbonyl (C=O) groups is 1. The quantitative estimate of drug-likeness (QED) is 0.294. The first-order valence-corrected chi connectivity index (χ1v) is 12.8. The van der Waals surface area contributed by atoms with E-state index in [-0.39, 0.29) is 35.1 Å². The topological polar surface area (TPSA) is 77.9 Å². The number of rotatable bonds is 10. The Kier molecular flexibility index (Phi) is 7.99. The highest BCUT2D eigenvalue weighted by molar-refractivity contribution is 5.78. The highest BCUT2D eigenvalue weighted by atomic mass is 19.1. The van der Waals surface area contributed by atoms with Crippen LogP contribution < -0.4 is 10.6 Å². The predicted octanol–water partition coefficient (Wildman–Crippen LogP) is 5.93. The maximum atomic E-state index is 13.3. The molecule has 2 unspecified atom stereocenters. The first kappa shape index (κ1) is 25.1. The maximum Gasteiger partial charge on any atom is 0.226 e. The molecule has 186 valence electrons. The summed E-state index contributed by atoms with van der Waals surface area (Å²) < 4.78 is 13.3. The number of nitrogens with zero attached hydrogens (tertiary/aromatic N) is 1. The largest absolute Gasteiger partial charge is 0.378 e. The highest BCUT2D eigenvalue weighted by Crippen LogP contribution is 2.55. The molecular formula is C29H37FN4O. The Morgan fingerprint density at radius 1 is 1.29 bits per heavy atom. The number of fused-ring (bicyclic) bond motifs is 1. The van der Waals surface area contributed by atoms with Gasteiger partial charge in [0, 0.05) is 35.8 Å². The van der Waals surface area contributed by atoms with E-state index in [4.69, 9.17) is 5.41 Å². The van der Waals surface area contributed by atoms with Crippen LogP contribution >= 0.6 is 0 Å². The van der Waals surface area contributed by atoms with E-state index in [9.17, 15) is 9.18 Å². The van der Waals surface area contributed by atoms with Gasteiger partial charge in [0.05, 0.1) is 12.5 Å². The molecule has 35 heavy (non-hydrogen) atoms. The van der Waals surface area contributed by atoms with Gasteiger partial charge in [-0.3, -0.25) is 9.78 Å². The summed E-state index contributed by atoms with van der Waals surface area (Å²) in [6.45, 7) is 4.51. The van der Waals surface area contributed by atoms with Gasteiger partial charge in [0.1, 0.15) is 5.82 Å². The van der Waals surface area contributed by atoms with Crippen LogP contribution in [0.25, 0.3) is 0 Å². The van der Waals surface area contributed by atoms with Crippen LogP contribution in [-0.2, 0) is 11.2 Å². The van der Waals surface area contributed by atoms with Gasteiger partial charge < -0.3 is 16.0 Å². The molecule has 1 aromatic heterocycles. The van der Waals surface area contributed by atoms with Crippen molar-refractivity contribution in [2.75, 3.05) is 5.32 Å². The van der Waals surface area contributed by atoms with Gasteiger partial charge in [0.2, 0.25) is 5.91 Å². The van der Waals surface area contributed by atoms with Crippen molar-refractivity contribution < 1.29 is 9.18 Å². The van der Waals surface area contributed by atoms with Crippen LogP contribution in [0.15, 0.2) is 60.3 Å². The summed E-state index contributed by atoms with van der Waals surface area (Å²) in [5.74, 6) is 0.319. The number of pyridine rings is 1. The molecule has 1 aromatic carbocycles. The molecule has 1 amide bonds. The fraction of sp³-hybridized carbons (Fsp3) is 0.483. The summed E-state index contributed by atoms with van der Waals surface area (Å²) in [7, 11) is 0. The average Bonchev–Trinajstić information content (AvgIpc) is 3.15. The number of carbonyl (C=O) groups excluding carboxylic acids is 1. The molecule has 0 spiro atoms. The Labute approximate surface area is 208 Å². The first-order valence-electron chi connectivity index (χ1n) is 12.8. The van der Waals surface area contributed by atoms with Crippen molar-refractivity contribution in [2.24, 2.45) is 17.3 Å². The van der Waals surface area contributed by atoms with Crippen LogP contribution in [0.5, 0.6) is 0 Å². The van der Waals surface area contributed by atoms with E-state index in [0.717, 1.165) is 49.9 Å². The van der Waals surface area contributed by atoms with E-state index in [1.54, 1.807) is 24.5 Å². The molecule has 0 aliphatic heterocycles. The number of allylic oxidation sites excluding steroid dienone is 1. The summed E-state index contributed by atoms with van der Waals surface area (Å²) in [5.41, 5.74) is 3.15. The van der Waals surface area contributed by atoms with Gasteiger partial charge >= 0.3 is 0 Å². The minimum Gasteiger partial charge on any atom is -0.378 e. The zero-order chi connectivity index (χ0) is 24.8. The summed E-state index contributed by atoms with van der Waals surface area (Å²) in [4.78, 5) is 17.0. The SMILES string of the molecule is CCC[C@@H](C[C@H]1CCC2=CC(Nc3ccc(F)cc3)C(C=N)C[C@@]21C)NC(=O)Cc1ccccn1. The lowest BCUT2D eigenvalue weighted by molar-refractivity contribution is -0.121. The van der Waals surface area contributed by atoms with E-state index in [2.05, 4.69) is 35.5 Å². The fourth-order valence-corrected chi connectivity index (χ4v) is 6.04. The molecule has 2 aliphatic carbocycles. The molecule has 1 saturated carbocycles. The highest BCUT2D eigenvalue weighted by Gasteiger charge is 2.48. The minimum absolute atomic E-state index is 0.0287. The number of nitrogens with one attached hydrogen (secondary N) is 3. The number of anilines is 1. The van der Waals surface area contributed by atoms with Crippen molar-refractivity contribution >= 4 is 17.8 Å². The monoisotopic (exact) mass is 476 g/mol. The zero-order valence-electron chi connectivity index (χ0n) is 20.8. The van der Waals surface area contributed by atoms with Crippen molar-refractivity contribution in [3.8, 4) is 0 Å². The van der Waals surface area contributed by atoms with Crippen LogP contribution in [0.1, 0.15) is 58.1 Å². The van der Waals surface area contributed by atoms with Gasteiger partial charge in [0.25, 0.3) is 0 Å². The standard InChI is InChI=1S/C29H37FN4O/c1-3-6-26(34-28(35)17-25-7-4-5-14-32-25)15-21-8-9-22-16-27(20(19-31)18-29(21,22)2)33-24-12-10-23(30)11-13-24/h4-5,7,10-14,16,19-21,26-27,31,33H,3,6,8-9,15,17-18H2,1-2H3,(H,34,35)/t20?,21-,26+,27?,29-/m1/s1. The number of halogens is 1. The fourth-order valence-electron chi connectivity index (χ4n) is 6.04. The molecule has 1 fully saturated rings. The summed E-state index contributed by atoms with van der Waals surface area (Å²) in [5, 5.41) is 14.9. The first-order chi connectivity index (χ1) is 16.9. The molecule has 0 bridgehead atoms. The van der Waals surface area contributed by atoms with Gasteiger partial charge in [-0.15, -0.1) is 0 Å². The summed E-state index contributed by atoms with van der Waals surface area (Å²) in [6, 6.07) is 12.3. The lowest BCUT2D eigenvalue weighted by Gasteiger charge is -2.43. The molecule has 5 atom stereocenters. The van der Waals surface area contributed by atoms with Gasteiger partial charge in [-0.2, -0.15) is 0 Å². The molecule has 1 heterocycles. The number of benzene rings is 1. The van der Waals surface area contributed by atoms with E-state index in [1.807, 2.05) is 18.2 Å². The average molecular weight is 477 g/mol. The molecular weight excluding hydrogens is 439 g/mol. The second-order valence-corrected chi connectivity index (χ2v) is 10.3. The van der Waals surface area contributed by atoms with Crippen molar-refractivity contribution in [2.45, 2.75) is 70.9 Å². The summed E-state index contributed by atoms with van der Waals surface area (Å²) in [6.07, 6.45) is 11.9. The zero-order valence-corrected chi connectivity index (χ0v) is 20.8. The molecule has 5 nitrogen and oxygen atoms in total. The predicted molar refractivity (Wildman–Crippen MR) is 139 cm³/mol. The van der Waals surface area contributed by atoms with E-state index >= 15 is 0 Å². The number of aromatic nitrogens is 1. The van der Waals surface area contributed by atoms with Gasteiger partial charge in [-0.25, -0.2) is 4.39 Å². The van der Waals surface area contributed by atoms with Crippen LogP contribution in [0.3, 0.4) is 0 Å². The lowest BCUT2D eigenvalue weighted by Crippen LogP contribution is -2.43. The maximum absolute atomic E-state index is 13.3. The van der Waals surface area contributed by atoms with Gasteiger partial charge in [-0.05, 0) is 79.8 Å². The van der Waals surface area contributed by atoms with Crippen molar-refractivity contribution in [1.82, 2.24) is 10.3 Å². The third-order valence-corrected chi connectivity index (χ3v) is 7.93. The Balaban J connectivity index is 1.44. The molecule has 3 N–H and O–H groups in total. The third-order valence-electron chi connectivity index (χ3n) is 7.93. The second kappa shape index (κ2) is 11.1. The van der Waals surface area contributed by atoms with E-state index < -0.39 is 0 Å². The van der Waals surface area contributed by atoms with Crippen LogP contribution in [-0.4, -0.2) is 29.2 Å². The normalized spacial score (nSPS) is 26.4. The van der Waals surface area contributed by atoms with Gasteiger partial charge in [0.15, 0.2) is 0 Å². The van der Waals surface area contributed by atoms with Crippen LogP contribution in [0.2, 0.25) is 0 Å². The van der Waals surface area contributed by atoms with Gasteiger partial charge in [-0.1, -0.05) is 38.0 Å². The molecule has 0 radical (unpaired) electrons. The molecule has 2 aromatic rings. The second-order valence-electron chi connectivity index (χ2n) is 10.3. The molecule has 0 saturated heterocycles. The molecule has 6 heteroatoms. The Bertz CT molecular complexity index is 1040. The van der Waals surface area contributed by atoms with Crippen LogP contribution in [0, 0.1) is 28.5 Å². The van der Waals surface area contributed by atoms with Crippen LogP contribution in [0.4, 0.5) is 10.1 Å². The Morgan fingerprint density at radius 3 is 2.77 bits per heavy atom. The number of amides is 1.